The molecule has 0 fully saturated rings. The Bertz CT molecular complexity index is 728. The SMILES string of the molecule is O=Cc1cc([N+](=O)[O-])ccc1-c1cccc(OC(F)(F)F)c1. The van der Waals surface area contributed by atoms with Crippen LogP contribution in [0.2, 0.25) is 0 Å². The highest BCUT2D eigenvalue weighted by Crippen LogP contribution is 2.31. The van der Waals surface area contributed by atoms with Gasteiger partial charge >= 0.3 is 6.36 Å². The Morgan fingerprint density at radius 2 is 1.86 bits per heavy atom. The summed E-state index contributed by atoms with van der Waals surface area (Å²) < 4.78 is 40.4. The highest BCUT2D eigenvalue weighted by Gasteiger charge is 2.31. The summed E-state index contributed by atoms with van der Waals surface area (Å²) in [5.74, 6) is -0.444. The summed E-state index contributed by atoms with van der Waals surface area (Å²) in [6.07, 6.45) is -4.43. The molecule has 0 bridgehead atoms. The van der Waals surface area contributed by atoms with E-state index < -0.39 is 17.0 Å². The van der Waals surface area contributed by atoms with Crippen molar-refractivity contribution in [3.63, 3.8) is 0 Å². The van der Waals surface area contributed by atoms with E-state index in [9.17, 15) is 28.1 Å². The molecule has 0 amide bonds. The van der Waals surface area contributed by atoms with Crippen LogP contribution in [0.3, 0.4) is 0 Å². The molecule has 8 heteroatoms. The highest BCUT2D eigenvalue weighted by molar-refractivity contribution is 5.88. The number of hydrogen-bond donors (Lipinski definition) is 0. The largest absolute Gasteiger partial charge is 0.573 e. The molecule has 2 aromatic rings. The number of rotatable bonds is 4. The van der Waals surface area contributed by atoms with Gasteiger partial charge in [0.25, 0.3) is 5.69 Å². The average Bonchev–Trinajstić information content (AvgIpc) is 2.45. The first-order valence-corrected chi connectivity index (χ1v) is 5.90. The van der Waals surface area contributed by atoms with Crippen LogP contribution in [-0.2, 0) is 0 Å². The monoisotopic (exact) mass is 311 g/mol. The topological polar surface area (TPSA) is 69.4 Å². The van der Waals surface area contributed by atoms with Gasteiger partial charge in [0.15, 0.2) is 6.29 Å². The maximum Gasteiger partial charge on any atom is 0.573 e. The van der Waals surface area contributed by atoms with Crippen molar-refractivity contribution in [3.8, 4) is 16.9 Å². The summed E-state index contributed by atoms with van der Waals surface area (Å²) in [6.45, 7) is 0. The number of hydrogen-bond acceptors (Lipinski definition) is 4. The minimum atomic E-state index is -4.83. The molecule has 2 rings (SSSR count). The number of halogens is 3. The van der Waals surface area contributed by atoms with E-state index in [-0.39, 0.29) is 22.4 Å². The maximum absolute atomic E-state index is 12.2. The maximum atomic E-state index is 12.2. The average molecular weight is 311 g/mol. The van der Waals surface area contributed by atoms with Crippen LogP contribution < -0.4 is 4.74 Å². The smallest absolute Gasteiger partial charge is 0.406 e. The molecule has 2 aromatic carbocycles. The molecule has 0 radical (unpaired) electrons. The van der Waals surface area contributed by atoms with Gasteiger partial charge in [-0.15, -0.1) is 13.2 Å². The Morgan fingerprint density at radius 3 is 2.45 bits per heavy atom. The number of non-ortho nitro benzene ring substituents is 1. The molecule has 0 unspecified atom stereocenters. The summed E-state index contributed by atoms with van der Waals surface area (Å²) in [5, 5.41) is 10.7. The van der Waals surface area contributed by atoms with Gasteiger partial charge in [0, 0.05) is 17.7 Å². The van der Waals surface area contributed by atoms with Gasteiger partial charge < -0.3 is 4.74 Å². The molecule has 0 atom stereocenters. The summed E-state index contributed by atoms with van der Waals surface area (Å²) in [7, 11) is 0. The molecule has 0 N–H and O–H groups in total. The van der Waals surface area contributed by atoms with Gasteiger partial charge in [0.1, 0.15) is 5.75 Å². The third-order valence-electron chi connectivity index (χ3n) is 2.75. The number of ether oxygens (including phenoxy) is 1. The first-order chi connectivity index (χ1) is 10.3. The summed E-state index contributed by atoms with van der Waals surface area (Å²) in [4.78, 5) is 21.1. The summed E-state index contributed by atoms with van der Waals surface area (Å²) >= 11 is 0. The molecule has 0 saturated heterocycles. The predicted octanol–water partition coefficient (Wildman–Crippen LogP) is 3.97. The van der Waals surface area contributed by atoms with E-state index in [4.69, 9.17) is 0 Å². The van der Waals surface area contributed by atoms with Crippen molar-refractivity contribution in [3.05, 3.63) is 58.1 Å². The molecule has 0 aliphatic rings. The second-order valence-electron chi connectivity index (χ2n) is 4.22. The van der Waals surface area contributed by atoms with Crippen LogP contribution in [0.5, 0.6) is 5.75 Å². The number of carbonyl (C=O) groups excluding carboxylic acids is 1. The lowest BCUT2D eigenvalue weighted by atomic mass is 9.99. The minimum absolute atomic E-state index is 0.00152. The van der Waals surface area contributed by atoms with E-state index in [2.05, 4.69) is 4.74 Å². The summed E-state index contributed by atoms with van der Waals surface area (Å²) in [5.41, 5.74) is 0.263. The van der Waals surface area contributed by atoms with Gasteiger partial charge in [0.2, 0.25) is 0 Å². The van der Waals surface area contributed by atoms with Crippen molar-refractivity contribution < 1.29 is 27.6 Å². The molecular formula is C14H8F3NO4. The Morgan fingerprint density at radius 1 is 1.14 bits per heavy atom. The van der Waals surface area contributed by atoms with E-state index in [1.165, 1.54) is 24.3 Å². The second kappa shape index (κ2) is 5.84. The number of alkyl halides is 3. The number of aldehydes is 1. The van der Waals surface area contributed by atoms with Gasteiger partial charge in [-0.1, -0.05) is 12.1 Å². The number of carbonyl (C=O) groups is 1. The quantitative estimate of drug-likeness (QED) is 0.486. The van der Waals surface area contributed by atoms with Crippen LogP contribution in [0.15, 0.2) is 42.5 Å². The highest BCUT2D eigenvalue weighted by atomic mass is 19.4. The van der Waals surface area contributed by atoms with Gasteiger partial charge in [0.05, 0.1) is 4.92 Å². The minimum Gasteiger partial charge on any atom is -0.406 e. The van der Waals surface area contributed by atoms with Gasteiger partial charge in [-0.05, 0) is 29.3 Å². The Balaban J connectivity index is 2.45. The molecule has 0 aliphatic carbocycles. The second-order valence-corrected chi connectivity index (χ2v) is 4.22. The lowest BCUT2D eigenvalue weighted by molar-refractivity contribution is -0.384. The third kappa shape index (κ3) is 3.60. The molecule has 114 valence electrons. The number of benzene rings is 2. The number of nitrogens with zero attached hydrogens (tertiary/aromatic N) is 1. The zero-order chi connectivity index (χ0) is 16.3. The van der Waals surface area contributed by atoms with Gasteiger partial charge in [-0.25, -0.2) is 0 Å². The van der Waals surface area contributed by atoms with Crippen LogP contribution >= 0.6 is 0 Å². The van der Waals surface area contributed by atoms with Crippen molar-refractivity contribution in [1.82, 2.24) is 0 Å². The van der Waals surface area contributed by atoms with Crippen LogP contribution in [-0.4, -0.2) is 17.6 Å². The molecule has 0 saturated carbocycles. The molecular weight excluding hydrogens is 303 g/mol. The van der Waals surface area contributed by atoms with Crippen molar-refractivity contribution in [2.45, 2.75) is 6.36 Å². The number of nitro benzene ring substituents is 1. The molecule has 0 aromatic heterocycles. The normalized spacial score (nSPS) is 11.0. The van der Waals surface area contributed by atoms with Crippen molar-refractivity contribution >= 4 is 12.0 Å². The van der Waals surface area contributed by atoms with Crippen molar-refractivity contribution in [1.29, 1.82) is 0 Å². The standard InChI is InChI=1S/C14H8F3NO4/c15-14(16,17)22-12-3-1-2-9(7-12)13-5-4-11(18(20)21)6-10(13)8-19/h1-8H. The molecule has 0 spiro atoms. The van der Waals surface area contributed by atoms with E-state index >= 15 is 0 Å². The first kappa shape index (κ1) is 15.5. The van der Waals surface area contributed by atoms with Crippen LogP contribution in [0.4, 0.5) is 18.9 Å². The third-order valence-corrected chi connectivity index (χ3v) is 2.75. The lowest BCUT2D eigenvalue weighted by Crippen LogP contribution is -2.17. The fourth-order valence-electron chi connectivity index (χ4n) is 1.88. The molecule has 5 nitrogen and oxygen atoms in total. The van der Waals surface area contributed by atoms with E-state index in [0.29, 0.717) is 6.29 Å². The van der Waals surface area contributed by atoms with Crippen LogP contribution in [0, 0.1) is 10.1 Å². The van der Waals surface area contributed by atoms with E-state index in [1.807, 2.05) is 0 Å². The summed E-state index contributed by atoms with van der Waals surface area (Å²) in [6, 6.07) is 8.53. The fourth-order valence-corrected chi connectivity index (χ4v) is 1.88. The van der Waals surface area contributed by atoms with Crippen molar-refractivity contribution in [2.75, 3.05) is 0 Å². The van der Waals surface area contributed by atoms with E-state index in [1.54, 1.807) is 0 Å². The Kier molecular flexibility index (Phi) is 4.11. The van der Waals surface area contributed by atoms with E-state index in [0.717, 1.165) is 18.2 Å². The lowest BCUT2D eigenvalue weighted by Gasteiger charge is -2.11. The Labute approximate surface area is 122 Å². The molecule has 22 heavy (non-hydrogen) atoms. The zero-order valence-electron chi connectivity index (χ0n) is 10.8. The van der Waals surface area contributed by atoms with Crippen molar-refractivity contribution in [2.24, 2.45) is 0 Å². The van der Waals surface area contributed by atoms with Gasteiger partial charge in [-0.2, -0.15) is 0 Å². The fraction of sp³-hybridized carbons (Fsp3) is 0.0714. The van der Waals surface area contributed by atoms with Crippen LogP contribution in [0.1, 0.15) is 10.4 Å². The van der Waals surface area contributed by atoms with Gasteiger partial charge in [-0.3, -0.25) is 14.9 Å². The molecule has 0 heterocycles. The Hall–Kier alpha value is -2.90. The number of nitro groups is 1. The first-order valence-electron chi connectivity index (χ1n) is 5.90. The predicted molar refractivity (Wildman–Crippen MR) is 70.6 cm³/mol. The molecule has 0 aliphatic heterocycles. The van der Waals surface area contributed by atoms with Crippen LogP contribution in [0.25, 0.3) is 11.1 Å². The zero-order valence-corrected chi connectivity index (χ0v) is 10.8.